The van der Waals surface area contributed by atoms with E-state index in [1.165, 1.54) is 12.1 Å². The molecule has 2 aliphatic carbocycles. The first-order chi connectivity index (χ1) is 35.8. The Balaban J connectivity index is 1.22. The molecule has 3 aromatic rings. The van der Waals surface area contributed by atoms with Gasteiger partial charge in [0.15, 0.2) is 23.1 Å². The van der Waals surface area contributed by atoms with E-state index in [4.69, 9.17) is 35.2 Å². The quantitative estimate of drug-likeness (QED) is 0.0704. The van der Waals surface area contributed by atoms with Crippen molar-refractivity contribution in [3.63, 3.8) is 0 Å². The molecule has 3 saturated heterocycles. The van der Waals surface area contributed by atoms with Crippen molar-refractivity contribution >= 4 is 29.4 Å². The third-order valence-electron chi connectivity index (χ3n) is 15.5. The summed E-state index contributed by atoms with van der Waals surface area (Å²) in [6.45, 7) is -0.476. The van der Waals surface area contributed by atoms with Gasteiger partial charge in [0.05, 0.1) is 49.6 Å². The standard InChI is InChI=1S/C53H65N7O14/c54-37-21-27(11-16-56-37)13-19-70-47-43(67)44(68)48-53(14-3-4-15-53)72-24-29(6-5-17-61)38(32-7-1-2-8-36(32)60-26-57-40-49(60)58-52(55)59-50(40)69)35-22-34-39(42(66)33-20-28(23-63)9-10-31(33)41(34)65)46(45(35)73-51(47)74-48)71-25-30(64)12-18-62/h1-2,7-11,18,20-22,29-30,38,40,43-44,47-49,51-52,56-58,61,63-64,67-68H,3-6,12-17,19,23-26,54-55H2,(H,59,69). The number of rotatable bonds is 15. The number of allylic oxidation sites excluding steroid dienone is 1. The maximum absolute atomic E-state index is 15.2. The molecule has 5 aliphatic heterocycles. The predicted molar refractivity (Wildman–Crippen MR) is 264 cm³/mol. The van der Waals surface area contributed by atoms with Crippen LogP contribution in [0.3, 0.4) is 0 Å². The Morgan fingerprint density at radius 2 is 1.80 bits per heavy atom. The maximum Gasteiger partial charge on any atom is 0.242 e. The number of aliphatic hydroxyl groups is 5. The second kappa shape index (κ2) is 21.8. The molecule has 2 bridgehead atoms. The van der Waals surface area contributed by atoms with Gasteiger partial charge in [-0.15, -0.1) is 0 Å². The molecule has 7 aliphatic rings. The first kappa shape index (κ1) is 51.7. The summed E-state index contributed by atoms with van der Waals surface area (Å²) in [5.41, 5.74) is 13.8. The van der Waals surface area contributed by atoms with Gasteiger partial charge in [0, 0.05) is 53.4 Å². The van der Waals surface area contributed by atoms with Crippen LogP contribution in [0.1, 0.15) is 106 Å². The van der Waals surface area contributed by atoms with Gasteiger partial charge >= 0.3 is 0 Å². The number of hydrogen-bond acceptors (Lipinski definition) is 20. The first-order valence-corrected chi connectivity index (χ1v) is 25.5. The van der Waals surface area contributed by atoms with Crippen LogP contribution >= 0.6 is 0 Å². The molecule has 1 amide bonds. The van der Waals surface area contributed by atoms with E-state index in [-0.39, 0.29) is 78.1 Å². The van der Waals surface area contributed by atoms with Crippen molar-refractivity contribution < 1.29 is 68.4 Å². The second-order valence-electron chi connectivity index (χ2n) is 20.1. The summed E-state index contributed by atoms with van der Waals surface area (Å²) >= 11 is 0. The summed E-state index contributed by atoms with van der Waals surface area (Å²) in [6, 6.07) is 12.9. The zero-order valence-corrected chi connectivity index (χ0v) is 40.8. The number of dihydropyridines is 1. The molecule has 5 heterocycles. The van der Waals surface area contributed by atoms with Gasteiger partial charge in [0.1, 0.15) is 55.8 Å². The van der Waals surface area contributed by atoms with Crippen LogP contribution in [-0.4, -0.2) is 150 Å². The van der Waals surface area contributed by atoms with Gasteiger partial charge in [-0.3, -0.25) is 30.8 Å². The summed E-state index contributed by atoms with van der Waals surface area (Å²) in [6.07, 6.45) is -3.02. The lowest BCUT2D eigenvalue weighted by Gasteiger charge is -2.48. The van der Waals surface area contributed by atoms with E-state index in [1.54, 1.807) is 18.2 Å². The van der Waals surface area contributed by atoms with Crippen molar-refractivity contribution in [1.82, 2.24) is 21.3 Å². The highest BCUT2D eigenvalue weighted by molar-refractivity contribution is 6.29. The fourth-order valence-electron chi connectivity index (χ4n) is 11.9. The Kier molecular flexibility index (Phi) is 15.2. The van der Waals surface area contributed by atoms with E-state index < -0.39 is 97.5 Å². The number of nitrogens with one attached hydrogen (secondary N) is 4. The van der Waals surface area contributed by atoms with Gasteiger partial charge in [-0.25, -0.2) is 0 Å². The molecule has 4 fully saturated rings. The summed E-state index contributed by atoms with van der Waals surface area (Å²) < 4.78 is 34.4. The number of carbonyl (C=O) groups excluding carboxylic acids is 4. The van der Waals surface area contributed by atoms with Crippen LogP contribution in [-0.2, 0) is 30.4 Å². The number of aliphatic hydroxyl groups excluding tert-OH is 5. The molecule has 10 rings (SSSR count). The van der Waals surface area contributed by atoms with Gasteiger partial charge in [0.25, 0.3) is 0 Å². The Morgan fingerprint density at radius 1 is 0.986 bits per heavy atom. The minimum Gasteiger partial charge on any atom is -0.486 e. The number of ketones is 2. The zero-order chi connectivity index (χ0) is 51.8. The number of ether oxygens (including phenoxy) is 5. The van der Waals surface area contributed by atoms with E-state index in [2.05, 4.69) is 21.3 Å². The largest absolute Gasteiger partial charge is 0.486 e. The van der Waals surface area contributed by atoms with Gasteiger partial charge < -0.3 is 75.3 Å². The number of fused-ring (bicyclic) bond motifs is 7. The Hall–Kier alpha value is -5.82. The molecule has 0 radical (unpaired) electrons. The topological polar surface area (TPSA) is 319 Å². The van der Waals surface area contributed by atoms with Crippen molar-refractivity contribution in [1.29, 1.82) is 0 Å². The smallest absolute Gasteiger partial charge is 0.242 e. The average Bonchev–Trinajstić information content (AvgIpc) is 4.06. The number of para-hydroxylation sites is 1. The third kappa shape index (κ3) is 9.71. The third-order valence-corrected chi connectivity index (χ3v) is 15.5. The van der Waals surface area contributed by atoms with Crippen LogP contribution in [0.2, 0.25) is 0 Å². The lowest BCUT2D eigenvalue weighted by Crippen LogP contribution is -2.70. The maximum atomic E-state index is 15.2. The van der Waals surface area contributed by atoms with E-state index in [9.17, 15) is 35.1 Å². The Labute approximate surface area is 427 Å². The number of benzene rings is 3. The van der Waals surface area contributed by atoms with Crippen LogP contribution in [0, 0.1) is 5.92 Å². The minimum absolute atomic E-state index is 0.00681. The average molecular weight is 1020 g/mol. The monoisotopic (exact) mass is 1020 g/mol. The predicted octanol–water partition coefficient (Wildman–Crippen LogP) is 0.101. The van der Waals surface area contributed by atoms with Crippen LogP contribution < -0.4 is 47.1 Å². The number of nitrogens with zero attached hydrogens (tertiary/aromatic N) is 1. The molecule has 396 valence electrons. The molecule has 1 saturated carbocycles. The van der Waals surface area contributed by atoms with Crippen LogP contribution in [0.15, 0.2) is 72.1 Å². The molecule has 21 nitrogen and oxygen atoms in total. The first-order valence-electron chi connectivity index (χ1n) is 25.5. The summed E-state index contributed by atoms with van der Waals surface area (Å²) in [5.74, 6) is -2.91. The van der Waals surface area contributed by atoms with Gasteiger partial charge in [-0.05, 0) is 85.1 Å². The number of carbonyl (C=O) groups is 4. The van der Waals surface area contributed by atoms with E-state index in [0.29, 0.717) is 80.4 Å². The number of nitrogens with two attached hydrogens (primary N) is 2. The molecule has 21 heteroatoms. The zero-order valence-electron chi connectivity index (χ0n) is 40.8. The second-order valence-corrected chi connectivity index (χ2v) is 20.1. The summed E-state index contributed by atoms with van der Waals surface area (Å²) in [7, 11) is 0. The Bertz CT molecular complexity index is 2700. The molecule has 1 spiro atoms. The van der Waals surface area contributed by atoms with E-state index in [0.717, 1.165) is 5.57 Å². The van der Waals surface area contributed by atoms with Crippen molar-refractivity contribution in [2.45, 2.75) is 125 Å². The number of amides is 1. The molecular weight excluding hydrogens is 959 g/mol. The van der Waals surface area contributed by atoms with Crippen molar-refractivity contribution in [2.24, 2.45) is 17.4 Å². The van der Waals surface area contributed by atoms with Gasteiger partial charge in [0.2, 0.25) is 12.2 Å². The highest BCUT2D eigenvalue weighted by atomic mass is 16.7. The van der Waals surface area contributed by atoms with Crippen molar-refractivity contribution in [3.05, 3.63) is 111 Å². The van der Waals surface area contributed by atoms with Crippen molar-refractivity contribution in [3.8, 4) is 11.5 Å². The van der Waals surface area contributed by atoms with E-state index in [1.807, 2.05) is 35.2 Å². The fraction of sp³-hybridized carbons (Fsp3) is 0.509. The van der Waals surface area contributed by atoms with Crippen LogP contribution in [0.5, 0.6) is 11.5 Å². The number of hydrogen-bond donors (Lipinski definition) is 11. The normalized spacial score (nSPS) is 29.5. The van der Waals surface area contributed by atoms with Crippen LogP contribution in [0.4, 0.5) is 5.69 Å². The molecule has 13 N–H and O–H groups in total. The fourth-order valence-corrected chi connectivity index (χ4v) is 11.9. The number of aldehydes is 1. The van der Waals surface area contributed by atoms with E-state index >= 15 is 9.59 Å². The number of anilines is 1. The highest BCUT2D eigenvalue weighted by Crippen LogP contribution is 2.53. The molecule has 11 atom stereocenters. The van der Waals surface area contributed by atoms with Gasteiger partial charge in [-0.2, -0.15) is 0 Å². The highest BCUT2D eigenvalue weighted by Gasteiger charge is 2.57. The molecule has 74 heavy (non-hydrogen) atoms. The SMILES string of the molecule is NC1=CC(CCOC2C3Oc4c(cc5c(c4OCC(O)CC=O)C(=O)c4cc(CO)ccc4C5=O)C(c4ccccc4N4CNC5C(=O)NC(N)NC54)C(CCCO)COC4(CCCC4)C(O3)C(O)C2O)=CCN1. The lowest BCUT2D eigenvalue weighted by molar-refractivity contribution is -0.317. The molecular formula is C53H65N7O14. The molecule has 11 unspecified atom stereocenters. The Morgan fingerprint density at radius 3 is 2.57 bits per heavy atom. The van der Waals surface area contributed by atoms with Crippen molar-refractivity contribution in [2.75, 3.05) is 44.5 Å². The lowest BCUT2D eigenvalue weighted by atomic mass is 9.74. The van der Waals surface area contributed by atoms with Crippen LogP contribution in [0.25, 0.3) is 0 Å². The minimum atomic E-state index is -1.63. The van der Waals surface area contributed by atoms with Gasteiger partial charge in [-0.1, -0.05) is 43.2 Å². The summed E-state index contributed by atoms with van der Waals surface area (Å²) in [4.78, 5) is 57.4. The summed E-state index contributed by atoms with van der Waals surface area (Å²) in [5, 5.41) is 68.8. The molecule has 3 aromatic carbocycles. The molecule has 0 aromatic heterocycles.